The highest BCUT2D eigenvalue weighted by Crippen LogP contribution is 2.19. The van der Waals surface area contributed by atoms with Gasteiger partial charge in [-0.3, -0.25) is 0 Å². The van der Waals surface area contributed by atoms with Crippen LogP contribution in [0, 0.1) is 11.3 Å². The van der Waals surface area contributed by atoms with Gasteiger partial charge in [-0.05, 0) is 32.0 Å². The van der Waals surface area contributed by atoms with Crippen LogP contribution < -0.4 is 0 Å². The van der Waals surface area contributed by atoms with Crippen LogP contribution in [0.25, 0.3) is 10.9 Å². The predicted molar refractivity (Wildman–Crippen MR) is 66.1 cm³/mol. The van der Waals surface area contributed by atoms with E-state index in [2.05, 4.69) is 36.6 Å². The zero-order chi connectivity index (χ0) is 11.5. The van der Waals surface area contributed by atoms with Gasteiger partial charge in [0.2, 0.25) is 0 Å². The van der Waals surface area contributed by atoms with Crippen LogP contribution in [0.4, 0.5) is 0 Å². The van der Waals surface area contributed by atoms with E-state index >= 15 is 0 Å². The topological polar surface area (TPSA) is 28.7 Å². The fourth-order valence-corrected chi connectivity index (χ4v) is 1.76. The van der Waals surface area contributed by atoms with Gasteiger partial charge in [0, 0.05) is 23.6 Å². The van der Waals surface area contributed by atoms with E-state index in [9.17, 15) is 0 Å². The Balaban J connectivity index is 2.50. The van der Waals surface area contributed by atoms with Gasteiger partial charge < -0.3 is 4.57 Å². The molecule has 1 aromatic carbocycles. The van der Waals surface area contributed by atoms with E-state index in [-0.39, 0.29) is 0 Å². The molecule has 80 valence electrons. The third-order valence-electron chi connectivity index (χ3n) is 2.63. The minimum atomic E-state index is 0.744. The Hall–Kier alpha value is -2.01. The number of hydrogen-bond acceptors (Lipinski definition) is 1. The van der Waals surface area contributed by atoms with Gasteiger partial charge >= 0.3 is 0 Å². The molecule has 2 rings (SSSR count). The molecular formula is C14H14N2. The number of aromatic nitrogens is 1. The van der Waals surface area contributed by atoms with Gasteiger partial charge in [0.25, 0.3) is 0 Å². The molecule has 0 aliphatic heterocycles. The highest BCUT2D eigenvalue weighted by Gasteiger charge is 2.03. The lowest BCUT2D eigenvalue weighted by Crippen LogP contribution is -1.93. The molecule has 0 spiro atoms. The Bertz CT molecular complexity index is 578. The van der Waals surface area contributed by atoms with E-state index in [4.69, 9.17) is 5.26 Å². The van der Waals surface area contributed by atoms with Crippen molar-refractivity contribution in [2.24, 2.45) is 0 Å². The SMILES string of the molecule is CC(C)=CCn1ccc2c(C#N)cccc21. The van der Waals surface area contributed by atoms with Crippen molar-refractivity contribution < 1.29 is 0 Å². The highest BCUT2D eigenvalue weighted by atomic mass is 14.9. The summed E-state index contributed by atoms with van der Waals surface area (Å²) in [5.74, 6) is 0. The van der Waals surface area contributed by atoms with Gasteiger partial charge in [0.15, 0.2) is 0 Å². The Labute approximate surface area is 95.4 Å². The van der Waals surface area contributed by atoms with Crippen molar-refractivity contribution in [3.63, 3.8) is 0 Å². The van der Waals surface area contributed by atoms with Crippen LogP contribution in [0.15, 0.2) is 42.1 Å². The van der Waals surface area contributed by atoms with Crippen LogP contribution >= 0.6 is 0 Å². The molecule has 2 aromatic rings. The first-order chi connectivity index (χ1) is 7.72. The van der Waals surface area contributed by atoms with Gasteiger partial charge in [-0.25, -0.2) is 0 Å². The molecule has 0 saturated carbocycles. The summed E-state index contributed by atoms with van der Waals surface area (Å²) in [5, 5.41) is 10.0. The summed E-state index contributed by atoms with van der Waals surface area (Å²) in [6.07, 6.45) is 4.21. The maximum atomic E-state index is 8.99. The van der Waals surface area contributed by atoms with Crippen molar-refractivity contribution in [2.75, 3.05) is 0 Å². The molecule has 0 radical (unpaired) electrons. The van der Waals surface area contributed by atoms with Crippen LogP contribution in [-0.2, 0) is 6.54 Å². The van der Waals surface area contributed by atoms with Crippen LogP contribution in [0.2, 0.25) is 0 Å². The number of allylic oxidation sites excluding steroid dienone is 2. The molecular weight excluding hydrogens is 196 g/mol. The zero-order valence-electron chi connectivity index (χ0n) is 9.57. The van der Waals surface area contributed by atoms with E-state index in [0.29, 0.717) is 0 Å². The number of fused-ring (bicyclic) bond motifs is 1. The van der Waals surface area contributed by atoms with Crippen molar-refractivity contribution in [3.05, 3.63) is 47.7 Å². The Kier molecular flexibility index (Phi) is 2.78. The molecule has 16 heavy (non-hydrogen) atoms. The quantitative estimate of drug-likeness (QED) is 0.697. The fourth-order valence-electron chi connectivity index (χ4n) is 1.76. The number of hydrogen-bond donors (Lipinski definition) is 0. The number of rotatable bonds is 2. The predicted octanol–water partition coefficient (Wildman–Crippen LogP) is 3.48. The maximum absolute atomic E-state index is 8.99. The van der Waals surface area contributed by atoms with Gasteiger partial charge in [0.1, 0.15) is 0 Å². The molecule has 0 unspecified atom stereocenters. The normalized spacial score (nSPS) is 10.1. The smallest absolute Gasteiger partial charge is 0.0998 e. The first-order valence-electron chi connectivity index (χ1n) is 5.33. The summed E-state index contributed by atoms with van der Waals surface area (Å²) in [5.41, 5.74) is 3.17. The van der Waals surface area contributed by atoms with Crippen LogP contribution in [0.3, 0.4) is 0 Å². The summed E-state index contributed by atoms with van der Waals surface area (Å²) < 4.78 is 2.16. The molecule has 0 N–H and O–H groups in total. The van der Waals surface area contributed by atoms with Gasteiger partial charge in [-0.1, -0.05) is 17.7 Å². The maximum Gasteiger partial charge on any atom is 0.0998 e. The Morgan fingerprint density at radius 1 is 1.38 bits per heavy atom. The molecule has 0 bridgehead atoms. The molecule has 2 nitrogen and oxygen atoms in total. The van der Waals surface area contributed by atoms with E-state index in [0.717, 1.165) is 23.0 Å². The lowest BCUT2D eigenvalue weighted by atomic mass is 10.1. The van der Waals surface area contributed by atoms with Crippen molar-refractivity contribution in [3.8, 4) is 6.07 Å². The van der Waals surface area contributed by atoms with Crippen molar-refractivity contribution in [1.29, 1.82) is 5.26 Å². The first-order valence-corrected chi connectivity index (χ1v) is 5.33. The van der Waals surface area contributed by atoms with E-state index in [1.807, 2.05) is 24.4 Å². The summed E-state index contributed by atoms with van der Waals surface area (Å²) in [6.45, 7) is 5.04. The molecule has 0 aliphatic rings. The summed E-state index contributed by atoms with van der Waals surface area (Å²) in [4.78, 5) is 0. The molecule has 0 aliphatic carbocycles. The standard InChI is InChI=1S/C14H14N2/c1-11(2)6-8-16-9-7-13-12(10-15)4-3-5-14(13)16/h3-7,9H,8H2,1-2H3. The lowest BCUT2D eigenvalue weighted by Gasteiger charge is -2.02. The monoisotopic (exact) mass is 210 g/mol. The van der Waals surface area contributed by atoms with E-state index < -0.39 is 0 Å². The van der Waals surface area contributed by atoms with Gasteiger partial charge in [-0.15, -0.1) is 0 Å². The fraction of sp³-hybridized carbons (Fsp3) is 0.214. The average molecular weight is 210 g/mol. The summed E-state index contributed by atoms with van der Waals surface area (Å²) in [6, 6.07) is 10.1. The second kappa shape index (κ2) is 4.24. The molecule has 0 fully saturated rings. The first kappa shape index (κ1) is 10.5. The van der Waals surface area contributed by atoms with Crippen molar-refractivity contribution >= 4 is 10.9 Å². The Morgan fingerprint density at radius 3 is 2.88 bits per heavy atom. The molecule has 2 heteroatoms. The second-order valence-corrected chi connectivity index (χ2v) is 4.10. The molecule has 1 heterocycles. The minimum Gasteiger partial charge on any atom is -0.344 e. The molecule has 0 saturated heterocycles. The summed E-state index contributed by atoms with van der Waals surface area (Å²) >= 11 is 0. The lowest BCUT2D eigenvalue weighted by molar-refractivity contribution is 0.856. The van der Waals surface area contributed by atoms with E-state index in [1.165, 1.54) is 5.57 Å². The van der Waals surface area contributed by atoms with Crippen molar-refractivity contribution in [2.45, 2.75) is 20.4 Å². The Morgan fingerprint density at radius 2 is 2.19 bits per heavy atom. The third-order valence-corrected chi connectivity index (χ3v) is 2.63. The summed E-state index contributed by atoms with van der Waals surface area (Å²) in [7, 11) is 0. The third kappa shape index (κ3) is 1.85. The van der Waals surface area contributed by atoms with Crippen LogP contribution in [0.5, 0.6) is 0 Å². The number of benzene rings is 1. The molecule has 0 amide bonds. The van der Waals surface area contributed by atoms with Crippen molar-refractivity contribution in [1.82, 2.24) is 4.57 Å². The van der Waals surface area contributed by atoms with Crippen LogP contribution in [0.1, 0.15) is 19.4 Å². The highest BCUT2D eigenvalue weighted by molar-refractivity contribution is 5.86. The number of nitriles is 1. The molecule has 0 atom stereocenters. The zero-order valence-corrected chi connectivity index (χ0v) is 9.57. The average Bonchev–Trinajstić information content (AvgIpc) is 2.69. The molecule has 1 aromatic heterocycles. The van der Waals surface area contributed by atoms with Gasteiger partial charge in [-0.2, -0.15) is 5.26 Å². The van der Waals surface area contributed by atoms with E-state index in [1.54, 1.807) is 0 Å². The minimum absolute atomic E-state index is 0.744. The number of nitrogens with zero attached hydrogens (tertiary/aromatic N) is 2. The largest absolute Gasteiger partial charge is 0.344 e. The van der Waals surface area contributed by atoms with Crippen LogP contribution in [-0.4, -0.2) is 4.57 Å². The second-order valence-electron chi connectivity index (χ2n) is 4.10. The van der Waals surface area contributed by atoms with Gasteiger partial charge in [0.05, 0.1) is 11.6 Å².